The van der Waals surface area contributed by atoms with Gasteiger partial charge in [0.15, 0.2) is 12.2 Å². The van der Waals surface area contributed by atoms with Crippen molar-refractivity contribution >= 4 is 11.9 Å². The number of hydrogen-bond acceptors (Lipinski definition) is 6. The number of carboxylic acid groups (broad SMARTS) is 2. The summed E-state index contributed by atoms with van der Waals surface area (Å²) in [5, 5.41) is 47.5. The number of rotatable bonds is 4. The molecule has 4 atom stereocenters. The van der Waals surface area contributed by atoms with Crippen molar-refractivity contribution in [3.63, 3.8) is 0 Å². The molecular formula is C12H24N2O8Pt. The van der Waals surface area contributed by atoms with E-state index >= 15 is 0 Å². The summed E-state index contributed by atoms with van der Waals surface area (Å²) in [6.07, 6.45) is 0.995. The maximum absolute atomic E-state index is 9.52. The standard InChI is InChI=1S/C6H12N2.2C3H6O4.Pt/c7-5-3-1-2-4-6(5)8;2*4-1-2(5)3(6)7;/h5-8H,1-4H2;2*2,4-5H,1H2,(H,6,7);/q-2;;;+2. The van der Waals surface area contributed by atoms with E-state index < -0.39 is 37.4 Å². The minimum atomic E-state index is -1.63. The summed E-state index contributed by atoms with van der Waals surface area (Å²) in [5.74, 6) is -2.80. The zero-order valence-electron chi connectivity index (χ0n) is 12.4. The molecule has 0 amide bonds. The monoisotopic (exact) mass is 519 g/mol. The second kappa shape index (κ2) is 16.3. The van der Waals surface area contributed by atoms with E-state index in [2.05, 4.69) is 0 Å². The van der Waals surface area contributed by atoms with E-state index in [4.69, 9.17) is 42.1 Å². The van der Waals surface area contributed by atoms with Crippen LogP contribution in [0.5, 0.6) is 0 Å². The smallest absolute Gasteiger partial charge is 0.676 e. The van der Waals surface area contributed by atoms with Gasteiger partial charge in [-0.2, -0.15) is 12.1 Å². The van der Waals surface area contributed by atoms with Crippen LogP contribution in [-0.4, -0.2) is 80.1 Å². The molecular weight excluding hydrogens is 495 g/mol. The Kier molecular flexibility index (Phi) is 19.3. The molecule has 4 unspecified atom stereocenters. The molecule has 140 valence electrons. The number of nitrogens with one attached hydrogen (secondary N) is 2. The zero-order chi connectivity index (χ0) is 17.7. The number of aliphatic hydroxyl groups is 4. The molecule has 1 aliphatic rings. The Balaban J connectivity index is -0.000000257. The fourth-order valence-electron chi connectivity index (χ4n) is 1.29. The number of aliphatic hydroxyl groups excluding tert-OH is 4. The average molecular weight is 519 g/mol. The van der Waals surface area contributed by atoms with Gasteiger partial charge in [0, 0.05) is 0 Å². The molecule has 0 aromatic carbocycles. The number of carbonyl (C=O) groups is 2. The maximum atomic E-state index is 9.52. The molecule has 1 rings (SSSR count). The Morgan fingerprint density at radius 2 is 1.13 bits per heavy atom. The molecule has 0 saturated heterocycles. The number of hydrogen-bond donors (Lipinski definition) is 6. The first-order chi connectivity index (χ1) is 10.2. The van der Waals surface area contributed by atoms with E-state index in [9.17, 15) is 9.59 Å². The van der Waals surface area contributed by atoms with Gasteiger partial charge in [-0.15, -0.1) is 0 Å². The van der Waals surface area contributed by atoms with Crippen molar-refractivity contribution in [3.8, 4) is 0 Å². The van der Waals surface area contributed by atoms with Crippen LogP contribution in [0.2, 0.25) is 0 Å². The molecule has 0 aromatic rings. The molecule has 0 bridgehead atoms. The van der Waals surface area contributed by atoms with Crippen LogP contribution in [0.25, 0.3) is 11.5 Å². The first-order valence-corrected chi connectivity index (χ1v) is 6.63. The first-order valence-electron chi connectivity index (χ1n) is 6.63. The van der Waals surface area contributed by atoms with Gasteiger partial charge in [-0.25, -0.2) is 9.59 Å². The van der Waals surface area contributed by atoms with Crippen molar-refractivity contribution < 1.29 is 61.3 Å². The van der Waals surface area contributed by atoms with Crippen molar-refractivity contribution in [1.29, 1.82) is 0 Å². The van der Waals surface area contributed by atoms with Crippen molar-refractivity contribution in [2.75, 3.05) is 13.2 Å². The zero-order valence-corrected chi connectivity index (χ0v) is 14.6. The number of aliphatic carboxylic acids is 2. The quantitative estimate of drug-likeness (QED) is 0.278. The molecule has 11 heteroatoms. The average Bonchev–Trinajstić information content (AvgIpc) is 2.49. The summed E-state index contributed by atoms with van der Waals surface area (Å²) >= 11 is 0. The molecule has 8 N–H and O–H groups in total. The second-order valence-corrected chi connectivity index (χ2v) is 4.57. The fraction of sp³-hybridized carbons (Fsp3) is 0.833. The van der Waals surface area contributed by atoms with E-state index in [1.165, 1.54) is 12.8 Å². The summed E-state index contributed by atoms with van der Waals surface area (Å²) in [6.45, 7) is -1.45. The molecule has 0 radical (unpaired) electrons. The van der Waals surface area contributed by atoms with Crippen LogP contribution in [0.1, 0.15) is 25.7 Å². The van der Waals surface area contributed by atoms with E-state index in [-0.39, 0.29) is 33.1 Å². The van der Waals surface area contributed by atoms with Gasteiger partial charge >= 0.3 is 33.0 Å². The second-order valence-electron chi connectivity index (χ2n) is 4.57. The minimum Gasteiger partial charge on any atom is -0.676 e. The van der Waals surface area contributed by atoms with Crippen LogP contribution in [0.4, 0.5) is 0 Å². The third kappa shape index (κ3) is 16.0. The third-order valence-corrected chi connectivity index (χ3v) is 2.68. The molecule has 0 aromatic heterocycles. The van der Waals surface area contributed by atoms with Crippen molar-refractivity contribution in [3.05, 3.63) is 11.5 Å². The largest absolute Gasteiger partial charge is 2.00 e. The van der Waals surface area contributed by atoms with Crippen LogP contribution in [0, 0.1) is 0 Å². The normalized spacial score (nSPS) is 22.0. The molecule has 0 spiro atoms. The molecule has 1 aliphatic carbocycles. The van der Waals surface area contributed by atoms with Gasteiger partial charge in [0.05, 0.1) is 13.2 Å². The Hall–Kier alpha value is -0.612. The summed E-state index contributed by atoms with van der Waals surface area (Å²) < 4.78 is 0. The van der Waals surface area contributed by atoms with Gasteiger partial charge in [-0.3, -0.25) is 0 Å². The van der Waals surface area contributed by atoms with Crippen LogP contribution in [0.15, 0.2) is 0 Å². The topological polar surface area (TPSA) is 203 Å². The molecule has 23 heavy (non-hydrogen) atoms. The summed E-state index contributed by atoms with van der Waals surface area (Å²) in [7, 11) is 0. The van der Waals surface area contributed by atoms with Crippen LogP contribution in [-0.2, 0) is 30.7 Å². The van der Waals surface area contributed by atoms with E-state index in [1.807, 2.05) is 0 Å². The predicted molar refractivity (Wildman–Crippen MR) is 76.1 cm³/mol. The molecule has 10 nitrogen and oxygen atoms in total. The Morgan fingerprint density at radius 1 is 0.870 bits per heavy atom. The van der Waals surface area contributed by atoms with Gasteiger partial charge in [-0.05, 0) is 0 Å². The Bertz CT molecular complexity index is 291. The van der Waals surface area contributed by atoms with E-state index in [1.54, 1.807) is 0 Å². The Labute approximate surface area is 148 Å². The van der Waals surface area contributed by atoms with Gasteiger partial charge in [0.2, 0.25) is 0 Å². The molecule has 0 heterocycles. The summed E-state index contributed by atoms with van der Waals surface area (Å²) in [5.41, 5.74) is 14.6. The Morgan fingerprint density at radius 3 is 1.22 bits per heavy atom. The van der Waals surface area contributed by atoms with Gasteiger partial charge in [0.25, 0.3) is 0 Å². The van der Waals surface area contributed by atoms with Crippen molar-refractivity contribution in [2.24, 2.45) is 0 Å². The van der Waals surface area contributed by atoms with Gasteiger partial charge in [0.1, 0.15) is 0 Å². The fourth-order valence-corrected chi connectivity index (χ4v) is 1.29. The van der Waals surface area contributed by atoms with Gasteiger partial charge < -0.3 is 42.1 Å². The van der Waals surface area contributed by atoms with Gasteiger partial charge in [-0.1, -0.05) is 25.7 Å². The SMILES string of the molecule is O=C(O)C(O)CO.O=C(O)C(O)CO.[NH-]C1CCCCC1[NH-].[Pt+2]. The van der Waals surface area contributed by atoms with Crippen molar-refractivity contribution in [2.45, 2.75) is 50.0 Å². The molecule has 1 fully saturated rings. The maximum Gasteiger partial charge on any atom is 2.00 e. The third-order valence-electron chi connectivity index (χ3n) is 2.68. The van der Waals surface area contributed by atoms with E-state index in [0.29, 0.717) is 0 Å². The molecule has 1 saturated carbocycles. The van der Waals surface area contributed by atoms with Crippen LogP contribution in [0.3, 0.4) is 0 Å². The van der Waals surface area contributed by atoms with Crippen LogP contribution < -0.4 is 0 Å². The first kappa shape index (κ1) is 27.2. The van der Waals surface area contributed by atoms with Crippen LogP contribution >= 0.6 is 0 Å². The predicted octanol–water partition coefficient (Wildman–Crippen LogP) is -0.752. The minimum absolute atomic E-state index is 0. The summed E-state index contributed by atoms with van der Waals surface area (Å²) in [4.78, 5) is 19.0. The van der Waals surface area contributed by atoms with E-state index in [0.717, 1.165) is 12.8 Å². The number of carboxylic acids is 2. The summed E-state index contributed by atoms with van der Waals surface area (Å²) in [6, 6.07) is -0.160. The van der Waals surface area contributed by atoms with Crippen molar-refractivity contribution in [1.82, 2.24) is 0 Å². The molecule has 0 aliphatic heterocycles.